The van der Waals surface area contributed by atoms with Gasteiger partial charge in [-0.1, -0.05) is 0 Å². The number of esters is 1. The third-order valence-electron chi connectivity index (χ3n) is 2.67. The maximum atomic E-state index is 11.5. The van der Waals surface area contributed by atoms with Crippen LogP contribution < -0.4 is 5.32 Å². The van der Waals surface area contributed by atoms with E-state index >= 15 is 0 Å². The van der Waals surface area contributed by atoms with Crippen LogP contribution in [0.1, 0.15) is 19.3 Å². The van der Waals surface area contributed by atoms with Crippen LogP contribution in [0.25, 0.3) is 0 Å². The number of rotatable bonds is 3. The molecule has 1 heterocycles. The molecule has 5 heteroatoms. The van der Waals surface area contributed by atoms with Crippen molar-refractivity contribution in [3.05, 3.63) is 0 Å². The second-order valence-corrected chi connectivity index (χ2v) is 3.59. The van der Waals surface area contributed by atoms with Gasteiger partial charge in [-0.15, -0.1) is 0 Å². The fourth-order valence-corrected chi connectivity index (χ4v) is 1.86. The molecule has 0 aromatic carbocycles. The van der Waals surface area contributed by atoms with E-state index in [1.807, 2.05) is 0 Å². The Balaban J connectivity index is 2.76. The zero-order valence-corrected chi connectivity index (χ0v) is 8.21. The molecule has 0 aliphatic carbocycles. The van der Waals surface area contributed by atoms with Crippen LogP contribution in [0.3, 0.4) is 0 Å². The Bertz CT molecular complexity index is 233. The average Bonchev–Trinajstić information content (AvgIpc) is 2.17. The molecule has 2 N–H and O–H groups in total. The van der Waals surface area contributed by atoms with Gasteiger partial charge in [-0.05, 0) is 25.9 Å². The monoisotopic (exact) mass is 201 g/mol. The smallest absolute Gasteiger partial charge is 0.312 e. The van der Waals surface area contributed by atoms with E-state index in [-0.39, 0.29) is 6.42 Å². The number of hydrogen-bond acceptors (Lipinski definition) is 4. The number of nitrogens with one attached hydrogen (secondary N) is 1. The highest BCUT2D eigenvalue weighted by Gasteiger charge is 2.42. The number of carbonyl (C=O) groups is 2. The van der Waals surface area contributed by atoms with Gasteiger partial charge in [-0.25, -0.2) is 0 Å². The van der Waals surface area contributed by atoms with Crippen LogP contribution in [-0.2, 0) is 14.3 Å². The second kappa shape index (κ2) is 4.41. The second-order valence-electron chi connectivity index (χ2n) is 3.59. The standard InChI is InChI=1S/C9H15NO4/c1-14-8(13)9(6-7(11)12)2-4-10-5-3-9/h10H,2-6H2,1H3,(H,11,12). The first kappa shape index (κ1) is 11.0. The van der Waals surface area contributed by atoms with E-state index in [1.54, 1.807) is 0 Å². The zero-order chi connectivity index (χ0) is 10.6. The Hall–Kier alpha value is -1.10. The highest BCUT2D eigenvalue weighted by molar-refractivity contribution is 5.82. The molecule has 1 aliphatic heterocycles. The minimum Gasteiger partial charge on any atom is -0.481 e. The van der Waals surface area contributed by atoms with Gasteiger partial charge in [-0.2, -0.15) is 0 Å². The summed E-state index contributed by atoms with van der Waals surface area (Å²) in [4.78, 5) is 22.2. The van der Waals surface area contributed by atoms with Crippen LogP contribution in [0.2, 0.25) is 0 Å². The largest absolute Gasteiger partial charge is 0.481 e. The number of ether oxygens (including phenoxy) is 1. The van der Waals surface area contributed by atoms with Crippen molar-refractivity contribution in [1.82, 2.24) is 5.32 Å². The predicted octanol–water partition coefficient (Wildman–Crippen LogP) is 0.00390. The number of piperidine rings is 1. The fourth-order valence-electron chi connectivity index (χ4n) is 1.86. The summed E-state index contributed by atoms with van der Waals surface area (Å²) in [5, 5.41) is 11.8. The summed E-state index contributed by atoms with van der Waals surface area (Å²) >= 11 is 0. The number of methoxy groups -OCH3 is 1. The van der Waals surface area contributed by atoms with Gasteiger partial charge >= 0.3 is 11.9 Å². The van der Waals surface area contributed by atoms with E-state index in [0.29, 0.717) is 25.9 Å². The fraction of sp³-hybridized carbons (Fsp3) is 0.778. The highest BCUT2D eigenvalue weighted by atomic mass is 16.5. The Morgan fingerprint density at radius 2 is 2.00 bits per heavy atom. The van der Waals surface area contributed by atoms with Crippen molar-refractivity contribution in [2.24, 2.45) is 5.41 Å². The maximum Gasteiger partial charge on any atom is 0.312 e. The molecule has 0 radical (unpaired) electrons. The van der Waals surface area contributed by atoms with E-state index in [9.17, 15) is 9.59 Å². The van der Waals surface area contributed by atoms with Crippen LogP contribution in [0.15, 0.2) is 0 Å². The molecule has 0 aromatic rings. The molecule has 0 atom stereocenters. The number of carbonyl (C=O) groups excluding carboxylic acids is 1. The van der Waals surface area contributed by atoms with E-state index in [2.05, 4.69) is 10.1 Å². The Labute approximate surface area is 82.4 Å². The Morgan fingerprint density at radius 1 is 1.43 bits per heavy atom. The predicted molar refractivity (Wildman–Crippen MR) is 48.8 cm³/mol. The minimum atomic E-state index is -0.947. The lowest BCUT2D eigenvalue weighted by Gasteiger charge is -2.33. The minimum absolute atomic E-state index is 0.138. The number of hydrogen-bond donors (Lipinski definition) is 2. The summed E-state index contributed by atoms with van der Waals surface area (Å²) in [5.74, 6) is -1.35. The molecule has 1 rings (SSSR count). The third-order valence-corrected chi connectivity index (χ3v) is 2.67. The van der Waals surface area contributed by atoms with Gasteiger partial charge in [0.15, 0.2) is 0 Å². The molecule has 5 nitrogen and oxygen atoms in total. The summed E-state index contributed by atoms with van der Waals surface area (Å²) in [6.07, 6.45) is 0.930. The number of carboxylic acids is 1. The lowest BCUT2D eigenvalue weighted by Crippen LogP contribution is -2.44. The maximum absolute atomic E-state index is 11.5. The van der Waals surface area contributed by atoms with Crippen molar-refractivity contribution in [2.75, 3.05) is 20.2 Å². The van der Waals surface area contributed by atoms with Gasteiger partial charge in [0.1, 0.15) is 0 Å². The molecule has 0 unspecified atom stereocenters. The molecule has 1 aliphatic rings. The van der Waals surface area contributed by atoms with E-state index < -0.39 is 17.4 Å². The van der Waals surface area contributed by atoms with E-state index in [4.69, 9.17) is 5.11 Å². The summed E-state index contributed by atoms with van der Waals surface area (Å²) in [6, 6.07) is 0. The van der Waals surface area contributed by atoms with Gasteiger partial charge < -0.3 is 15.2 Å². The zero-order valence-electron chi connectivity index (χ0n) is 8.21. The SMILES string of the molecule is COC(=O)C1(CC(=O)O)CCNCC1. The molecule has 0 bridgehead atoms. The van der Waals surface area contributed by atoms with Crippen LogP contribution in [-0.4, -0.2) is 37.2 Å². The van der Waals surface area contributed by atoms with Crippen molar-refractivity contribution < 1.29 is 19.4 Å². The van der Waals surface area contributed by atoms with Crippen molar-refractivity contribution in [3.8, 4) is 0 Å². The summed E-state index contributed by atoms with van der Waals surface area (Å²) < 4.78 is 4.66. The lowest BCUT2D eigenvalue weighted by molar-refractivity contribution is -0.160. The first-order valence-electron chi connectivity index (χ1n) is 4.62. The van der Waals surface area contributed by atoms with E-state index in [0.717, 1.165) is 0 Å². The molecule has 1 saturated heterocycles. The van der Waals surface area contributed by atoms with Crippen molar-refractivity contribution in [2.45, 2.75) is 19.3 Å². The summed E-state index contributed by atoms with van der Waals surface area (Å²) in [7, 11) is 1.30. The highest BCUT2D eigenvalue weighted by Crippen LogP contribution is 2.33. The van der Waals surface area contributed by atoms with Crippen LogP contribution in [0.5, 0.6) is 0 Å². The van der Waals surface area contributed by atoms with Gasteiger partial charge in [0.25, 0.3) is 0 Å². The first-order valence-corrected chi connectivity index (χ1v) is 4.62. The molecule has 80 valence electrons. The number of carboxylic acid groups (broad SMARTS) is 1. The van der Waals surface area contributed by atoms with Crippen molar-refractivity contribution in [3.63, 3.8) is 0 Å². The van der Waals surface area contributed by atoms with Gasteiger partial charge in [0.2, 0.25) is 0 Å². The first-order chi connectivity index (χ1) is 6.60. The number of aliphatic carboxylic acids is 1. The van der Waals surface area contributed by atoms with Crippen LogP contribution in [0, 0.1) is 5.41 Å². The van der Waals surface area contributed by atoms with Crippen LogP contribution in [0.4, 0.5) is 0 Å². The molecule has 0 amide bonds. The normalized spacial score (nSPS) is 20.1. The molecule has 14 heavy (non-hydrogen) atoms. The molecule has 1 fully saturated rings. The summed E-state index contributed by atoms with van der Waals surface area (Å²) in [6.45, 7) is 1.34. The van der Waals surface area contributed by atoms with Gasteiger partial charge in [0.05, 0.1) is 18.9 Å². The Kier molecular flexibility index (Phi) is 3.46. The van der Waals surface area contributed by atoms with Crippen molar-refractivity contribution >= 4 is 11.9 Å². The van der Waals surface area contributed by atoms with E-state index in [1.165, 1.54) is 7.11 Å². The quantitative estimate of drug-likeness (QED) is 0.629. The van der Waals surface area contributed by atoms with Crippen molar-refractivity contribution in [1.29, 1.82) is 0 Å². The van der Waals surface area contributed by atoms with Gasteiger partial charge in [-0.3, -0.25) is 9.59 Å². The average molecular weight is 201 g/mol. The molecular weight excluding hydrogens is 186 g/mol. The molecule has 0 spiro atoms. The Morgan fingerprint density at radius 3 is 2.43 bits per heavy atom. The molecular formula is C9H15NO4. The lowest BCUT2D eigenvalue weighted by atomic mass is 9.76. The topological polar surface area (TPSA) is 75.6 Å². The van der Waals surface area contributed by atoms with Crippen LogP contribution >= 0.6 is 0 Å². The molecule has 0 aromatic heterocycles. The molecule has 0 saturated carbocycles. The van der Waals surface area contributed by atoms with Gasteiger partial charge in [0, 0.05) is 0 Å². The third kappa shape index (κ3) is 2.23. The summed E-state index contributed by atoms with van der Waals surface area (Å²) in [5.41, 5.74) is -0.814.